The third-order valence-electron chi connectivity index (χ3n) is 13.7. The topological polar surface area (TPSA) is 218 Å². The molecule has 69 heavy (non-hydrogen) atoms. The summed E-state index contributed by atoms with van der Waals surface area (Å²) in [5.41, 5.74) is 3.53. The van der Waals surface area contributed by atoms with E-state index in [-0.39, 0.29) is 35.6 Å². The van der Waals surface area contributed by atoms with Gasteiger partial charge in [0.05, 0.1) is 35.2 Å². The number of nitrogens with zero attached hydrogens (tertiary/aromatic N) is 8. The summed E-state index contributed by atoms with van der Waals surface area (Å²) >= 11 is 0. The number of aromatic nitrogens is 5. The minimum atomic E-state index is -1.01. The van der Waals surface area contributed by atoms with E-state index in [9.17, 15) is 24.0 Å². The standard InChI is InChI=1S/C50H58N12O7/c1-51-48(65)44-40(54-39-7-4-6-37(45(39)68-3)46-53-30-59(2)58-46)29-42(56-57-44)52-22-5-23-60-24-18-31(19-25-60)8-9-32-20-26-61(27-21-32)33-10-12-34(13-11-33)69-35-14-15-36-38(28-35)50(67)62(49(36)66)41-16-17-43(63)55-47(41)64/h4,6-7,10-15,28-32,41H,5,8-9,16-27H2,1-3H3,(H,51,65)(H2,52,54,56)(H,55,63,64). The molecule has 4 aliphatic heterocycles. The van der Waals surface area contributed by atoms with Crippen LogP contribution >= 0.6 is 0 Å². The molecule has 19 nitrogen and oxygen atoms in total. The molecule has 9 rings (SSSR count). The quantitative estimate of drug-likeness (QED) is 0.0641. The average Bonchev–Trinajstić information content (AvgIpc) is 3.91. The first-order valence-corrected chi connectivity index (χ1v) is 23.8. The van der Waals surface area contributed by atoms with Crippen molar-refractivity contribution in [1.29, 1.82) is 0 Å². The number of methoxy groups -OCH3 is 1. The van der Waals surface area contributed by atoms with Crippen molar-refractivity contribution < 1.29 is 33.4 Å². The van der Waals surface area contributed by atoms with Crippen LogP contribution in [0.15, 0.2) is 73.1 Å². The fourth-order valence-corrected chi connectivity index (χ4v) is 9.84. The van der Waals surface area contributed by atoms with Gasteiger partial charge in [-0.05, 0) is 125 Å². The van der Waals surface area contributed by atoms with E-state index >= 15 is 0 Å². The molecule has 5 amide bonds. The van der Waals surface area contributed by atoms with E-state index in [1.54, 1.807) is 50.4 Å². The van der Waals surface area contributed by atoms with Crippen molar-refractivity contribution >= 4 is 52.4 Å². The number of carbonyl (C=O) groups is 5. The SMILES string of the molecule is CNC(=O)c1nnc(NCCCN2CCC(CCC3CCN(c4ccc(Oc5ccc6c(c5)C(=O)N(C5CCC(=O)NC5=O)C6=O)cc4)CC3)CC2)cc1Nc1cccc(-c2ncn(C)n2)c1OC. The minimum absolute atomic E-state index is 0.0679. The molecule has 0 spiro atoms. The largest absolute Gasteiger partial charge is 0.494 e. The van der Waals surface area contributed by atoms with E-state index in [0.29, 0.717) is 52.4 Å². The molecule has 4 N–H and O–H groups in total. The number of rotatable bonds is 17. The van der Waals surface area contributed by atoms with Gasteiger partial charge in [0.25, 0.3) is 17.7 Å². The molecule has 3 saturated heterocycles. The van der Waals surface area contributed by atoms with E-state index < -0.39 is 29.7 Å². The molecular formula is C50H58N12O7. The Bertz CT molecular complexity index is 2710. The second-order valence-corrected chi connectivity index (χ2v) is 18.1. The Morgan fingerprint density at radius 1 is 0.812 bits per heavy atom. The van der Waals surface area contributed by atoms with Crippen LogP contribution < -0.4 is 35.6 Å². The number of aryl methyl sites for hydroxylation is 1. The first kappa shape index (κ1) is 46.7. The van der Waals surface area contributed by atoms with Crippen molar-refractivity contribution in [3.63, 3.8) is 0 Å². The number of ether oxygens (including phenoxy) is 2. The highest BCUT2D eigenvalue weighted by Crippen LogP contribution is 2.38. The molecule has 0 bridgehead atoms. The van der Waals surface area contributed by atoms with E-state index in [2.05, 4.69) is 63.5 Å². The Hall–Kier alpha value is -7.41. The molecule has 2 aromatic heterocycles. The van der Waals surface area contributed by atoms with Crippen LogP contribution in [0.2, 0.25) is 0 Å². The van der Waals surface area contributed by atoms with Crippen molar-refractivity contribution in [1.82, 2.24) is 45.4 Å². The van der Waals surface area contributed by atoms with Crippen LogP contribution in [-0.2, 0) is 16.6 Å². The highest BCUT2D eigenvalue weighted by atomic mass is 16.5. The molecule has 4 aliphatic rings. The average molecular weight is 939 g/mol. The van der Waals surface area contributed by atoms with Crippen LogP contribution in [0.1, 0.15) is 89.0 Å². The van der Waals surface area contributed by atoms with Crippen molar-refractivity contribution in [2.45, 2.75) is 63.8 Å². The van der Waals surface area contributed by atoms with Gasteiger partial charge in [-0.1, -0.05) is 18.9 Å². The van der Waals surface area contributed by atoms with Gasteiger partial charge in [0, 0.05) is 51.9 Å². The molecular weight excluding hydrogens is 881 g/mol. The number of para-hydroxylation sites is 1. The number of fused-ring (bicyclic) bond motifs is 1. The lowest BCUT2D eigenvalue weighted by atomic mass is 9.85. The molecule has 0 radical (unpaired) electrons. The van der Waals surface area contributed by atoms with Crippen molar-refractivity contribution in [2.24, 2.45) is 18.9 Å². The lowest BCUT2D eigenvalue weighted by Crippen LogP contribution is -2.54. The van der Waals surface area contributed by atoms with E-state index in [1.807, 2.05) is 30.3 Å². The molecule has 0 saturated carbocycles. The highest BCUT2D eigenvalue weighted by Gasteiger charge is 2.44. The number of hydrogen-bond acceptors (Lipinski definition) is 15. The first-order chi connectivity index (χ1) is 33.5. The summed E-state index contributed by atoms with van der Waals surface area (Å²) in [6, 6.07) is 19.1. The number of benzene rings is 3. The normalized spacial score (nSPS) is 18.0. The van der Waals surface area contributed by atoms with Gasteiger partial charge in [0.1, 0.15) is 23.9 Å². The van der Waals surface area contributed by atoms with Gasteiger partial charge in [-0.3, -0.25) is 38.9 Å². The number of nitrogens with one attached hydrogen (secondary N) is 4. The zero-order valence-electron chi connectivity index (χ0n) is 39.2. The summed E-state index contributed by atoms with van der Waals surface area (Å²) in [4.78, 5) is 73.5. The molecule has 5 aromatic rings. The van der Waals surface area contributed by atoms with Gasteiger partial charge in [-0.2, -0.15) is 5.10 Å². The van der Waals surface area contributed by atoms with Crippen LogP contribution in [0.5, 0.6) is 17.2 Å². The Balaban J connectivity index is 0.681. The van der Waals surface area contributed by atoms with Gasteiger partial charge in [-0.25, -0.2) is 4.98 Å². The van der Waals surface area contributed by atoms with Gasteiger partial charge in [0.2, 0.25) is 11.8 Å². The van der Waals surface area contributed by atoms with Crippen LogP contribution in [0.4, 0.5) is 22.9 Å². The van der Waals surface area contributed by atoms with Crippen LogP contribution in [-0.4, -0.2) is 124 Å². The monoisotopic (exact) mass is 938 g/mol. The minimum Gasteiger partial charge on any atom is -0.494 e. The number of imide groups is 2. The van der Waals surface area contributed by atoms with Crippen LogP contribution in [0.3, 0.4) is 0 Å². The van der Waals surface area contributed by atoms with E-state index in [4.69, 9.17) is 9.47 Å². The number of anilines is 4. The van der Waals surface area contributed by atoms with Gasteiger partial charge >= 0.3 is 0 Å². The Morgan fingerprint density at radius 3 is 2.23 bits per heavy atom. The Morgan fingerprint density at radius 2 is 1.54 bits per heavy atom. The summed E-state index contributed by atoms with van der Waals surface area (Å²) in [6.07, 6.45) is 10.1. The molecule has 3 fully saturated rings. The molecule has 360 valence electrons. The predicted molar refractivity (Wildman–Crippen MR) is 258 cm³/mol. The van der Waals surface area contributed by atoms with Gasteiger partial charge in [0.15, 0.2) is 23.1 Å². The van der Waals surface area contributed by atoms with E-state index in [1.165, 1.54) is 44.6 Å². The van der Waals surface area contributed by atoms with Crippen LogP contribution in [0.25, 0.3) is 11.4 Å². The summed E-state index contributed by atoms with van der Waals surface area (Å²) in [5.74, 6) is 1.63. The summed E-state index contributed by atoms with van der Waals surface area (Å²) < 4.78 is 13.5. The number of hydrogen-bond donors (Lipinski definition) is 4. The molecule has 1 unspecified atom stereocenters. The third-order valence-corrected chi connectivity index (χ3v) is 13.7. The van der Waals surface area contributed by atoms with E-state index in [0.717, 1.165) is 61.6 Å². The zero-order chi connectivity index (χ0) is 48.0. The number of carbonyl (C=O) groups excluding carboxylic acids is 5. The van der Waals surface area contributed by atoms with Crippen LogP contribution in [0, 0.1) is 11.8 Å². The molecule has 6 heterocycles. The summed E-state index contributed by atoms with van der Waals surface area (Å²) in [5, 5.41) is 24.6. The molecule has 1 atom stereocenters. The zero-order valence-corrected chi connectivity index (χ0v) is 39.2. The summed E-state index contributed by atoms with van der Waals surface area (Å²) in [6.45, 7) is 5.95. The molecule has 3 aromatic carbocycles. The predicted octanol–water partition coefficient (Wildman–Crippen LogP) is 5.79. The number of amides is 5. The van der Waals surface area contributed by atoms with Crippen molar-refractivity contribution in [3.05, 3.63) is 89.9 Å². The third kappa shape index (κ3) is 10.5. The fraction of sp³-hybridized carbons (Fsp3) is 0.420. The lowest BCUT2D eigenvalue weighted by Gasteiger charge is -2.35. The van der Waals surface area contributed by atoms with Crippen molar-refractivity contribution in [2.75, 3.05) is 69.0 Å². The maximum atomic E-state index is 13.3. The number of piperidine rings is 3. The van der Waals surface area contributed by atoms with Crippen molar-refractivity contribution in [3.8, 4) is 28.6 Å². The maximum absolute atomic E-state index is 13.3. The second kappa shape index (κ2) is 20.8. The maximum Gasteiger partial charge on any atom is 0.273 e. The van der Waals surface area contributed by atoms with Gasteiger partial charge < -0.3 is 35.2 Å². The molecule has 19 heteroatoms. The Labute approximate surface area is 400 Å². The summed E-state index contributed by atoms with van der Waals surface area (Å²) in [7, 11) is 4.95. The lowest BCUT2D eigenvalue weighted by molar-refractivity contribution is -0.136. The first-order valence-electron chi connectivity index (χ1n) is 23.8. The molecule has 0 aliphatic carbocycles. The smallest absolute Gasteiger partial charge is 0.273 e. The highest BCUT2D eigenvalue weighted by molar-refractivity contribution is 6.23. The Kier molecular flexibility index (Phi) is 14.1. The second-order valence-electron chi connectivity index (χ2n) is 18.1. The number of likely N-dealkylation sites (tertiary alicyclic amines) is 1. The fourth-order valence-electron chi connectivity index (χ4n) is 9.84. The van der Waals surface area contributed by atoms with Gasteiger partial charge in [-0.15, -0.1) is 10.2 Å².